The van der Waals surface area contributed by atoms with Gasteiger partial charge in [0.2, 0.25) is 5.91 Å². The third-order valence-corrected chi connectivity index (χ3v) is 3.99. The van der Waals surface area contributed by atoms with Crippen molar-refractivity contribution in [3.8, 4) is 5.82 Å². The number of hydrogen-bond acceptors (Lipinski definition) is 4. The second-order valence-electron chi connectivity index (χ2n) is 5.76. The molecule has 1 atom stereocenters. The van der Waals surface area contributed by atoms with Gasteiger partial charge in [-0.1, -0.05) is 0 Å². The lowest BCUT2D eigenvalue weighted by Crippen LogP contribution is -2.50. The van der Waals surface area contributed by atoms with Crippen LogP contribution in [0.15, 0.2) is 30.7 Å². The first-order valence-corrected chi connectivity index (χ1v) is 7.05. The second kappa shape index (κ2) is 4.96. The molecule has 0 bridgehead atoms. The second-order valence-corrected chi connectivity index (χ2v) is 5.76. The molecule has 1 fully saturated rings. The van der Waals surface area contributed by atoms with E-state index < -0.39 is 5.54 Å². The zero-order valence-electron chi connectivity index (χ0n) is 12.2. The van der Waals surface area contributed by atoms with Crippen molar-refractivity contribution < 1.29 is 4.79 Å². The van der Waals surface area contributed by atoms with Crippen LogP contribution < -0.4 is 11.1 Å². The van der Waals surface area contributed by atoms with E-state index in [1.165, 1.54) is 0 Å². The van der Waals surface area contributed by atoms with Gasteiger partial charge in [-0.25, -0.2) is 9.97 Å². The quantitative estimate of drug-likeness (QED) is 0.894. The molecular weight excluding hydrogens is 266 g/mol. The van der Waals surface area contributed by atoms with Crippen LogP contribution in [0.1, 0.15) is 25.6 Å². The summed E-state index contributed by atoms with van der Waals surface area (Å²) in [5.41, 5.74) is 5.94. The summed E-state index contributed by atoms with van der Waals surface area (Å²) in [5, 5.41) is 2.84. The molecule has 2 heterocycles. The van der Waals surface area contributed by atoms with E-state index >= 15 is 0 Å². The van der Waals surface area contributed by atoms with Gasteiger partial charge in [-0.2, -0.15) is 0 Å². The lowest BCUT2D eigenvalue weighted by molar-refractivity contribution is -0.121. The molecule has 0 radical (unpaired) electrons. The van der Waals surface area contributed by atoms with Crippen LogP contribution in [-0.2, 0) is 4.79 Å². The Morgan fingerprint density at radius 1 is 1.43 bits per heavy atom. The van der Waals surface area contributed by atoms with Crippen LogP contribution in [-0.4, -0.2) is 26.0 Å². The Labute approximate surface area is 123 Å². The molecule has 1 aliphatic carbocycles. The molecule has 0 aromatic carbocycles. The van der Waals surface area contributed by atoms with Gasteiger partial charge in [0.25, 0.3) is 0 Å². The number of carbonyl (C=O) groups is 1. The zero-order valence-corrected chi connectivity index (χ0v) is 12.2. The fourth-order valence-electron chi connectivity index (χ4n) is 2.36. The van der Waals surface area contributed by atoms with E-state index in [0.717, 1.165) is 24.5 Å². The minimum absolute atomic E-state index is 0.154. The highest BCUT2D eigenvalue weighted by atomic mass is 16.2. The molecule has 0 saturated heterocycles. The summed E-state index contributed by atoms with van der Waals surface area (Å²) in [6.07, 6.45) is 7.26. The summed E-state index contributed by atoms with van der Waals surface area (Å²) >= 11 is 0. The first kappa shape index (κ1) is 13.8. The van der Waals surface area contributed by atoms with Crippen LogP contribution in [0, 0.1) is 12.8 Å². The Morgan fingerprint density at radius 2 is 2.19 bits per heavy atom. The van der Waals surface area contributed by atoms with Crippen molar-refractivity contribution in [3.63, 3.8) is 0 Å². The molecule has 110 valence electrons. The number of hydrogen-bond donors (Lipinski definition) is 2. The Bertz CT molecular complexity index is 655. The molecule has 1 aliphatic rings. The lowest BCUT2D eigenvalue weighted by Gasteiger charge is -2.23. The summed E-state index contributed by atoms with van der Waals surface area (Å²) in [5.74, 6) is 1.76. The van der Waals surface area contributed by atoms with Gasteiger partial charge < -0.3 is 11.1 Å². The van der Waals surface area contributed by atoms with E-state index in [2.05, 4.69) is 15.3 Å². The number of imidazole rings is 1. The van der Waals surface area contributed by atoms with Crippen molar-refractivity contribution in [2.45, 2.75) is 32.2 Å². The predicted octanol–water partition coefficient (Wildman–Crippen LogP) is 1.64. The molecule has 3 N–H and O–H groups in total. The highest BCUT2D eigenvalue weighted by Gasteiger charge is 2.44. The number of nitrogens with two attached hydrogens (primary N) is 1. The van der Waals surface area contributed by atoms with Crippen LogP contribution in [0.25, 0.3) is 5.82 Å². The molecular formula is C15H19N5O. The maximum Gasteiger partial charge on any atom is 0.244 e. The van der Waals surface area contributed by atoms with Crippen molar-refractivity contribution >= 4 is 11.6 Å². The van der Waals surface area contributed by atoms with Crippen LogP contribution in [0.5, 0.6) is 0 Å². The highest BCUT2D eigenvalue weighted by molar-refractivity contribution is 5.98. The largest absolute Gasteiger partial charge is 0.323 e. The van der Waals surface area contributed by atoms with Gasteiger partial charge in [-0.15, -0.1) is 0 Å². The van der Waals surface area contributed by atoms with Crippen LogP contribution in [0.3, 0.4) is 0 Å². The van der Waals surface area contributed by atoms with Gasteiger partial charge in [0, 0.05) is 12.4 Å². The van der Waals surface area contributed by atoms with Gasteiger partial charge in [-0.3, -0.25) is 9.36 Å². The number of aromatic nitrogens is 3. The van der Waals surface area contributed by atoms with Crippen molar-refractivity contribution in [2.75, 3.05) is 5.32 Å². The lowest BCUT2D eigenvalue weighted by atomic mass is 9.96. The van der Waals surface area contributed by atoms with Crippen LogP contribution in [0.4, 0.5) is 5.69 Å². The number of aryl methyl sites for hydroxylation is 1. The molecule has 3 rings (SSSR count). The van der Waals surface area contributed by atoms with E-state index in [1.54, 1.807) is 19.3 Å². The Morgan fingerprint density at radius 3 is 2.71 bits per heavy atom. The molecule has 6 nitrogen and oxygen atoms in total. The van der Waals surface area contributed by atoms with E-state index in [9.17, 15) is 4.79 Å². The molecule has 2 aromatic heterocycles. The highest BCUT2D eigenvalue weighted by Crippen LogP contribution is 2.38. The first-order chi connectivity index (χ1) is 9.98. The van der Waals surface area contributed by atoms with Crippen LogP contribution >= 0.6 is 0 Å². The topological polar surface area (TPSA) is 85.8 Å². The minimum Gasteiger partial charge on any atom is -0.323 e. The number of nitrogens with one attached hydrogen (secondary N) is 1. The van der Waals surface area contributed by atoms with Gasteiger partial charge in [0.05, 0.1) is 17.4 Å². The summed E-state index contributed by atoms with van der Waals surface area (Å²) in [4.78, 5) is 20.7. The Kier molecular flexibility index (Phi) is 3.25. The van der Waals surface area contributed by atoms with Crippen molar-refractivity contribution in [1.29, 1.82) is 0 Å². The fourth-order valence-corrected chi connectivity index (χ4v) is 2.36. The molecule has 1 saturated carbocycles. The normalized spacial score (nSPS) is 17.3. The molecule has 1 unspecified atom stereocenters. The summed E-state index contributed by atoms with van der Waals surface area (Å²) in [6, 6.07) is 3.66. The molecule has 21 heavy (non-hydrogen) atoms. The average Bonchev–Trinajstić information content (AvgIpc) is 3.23. The summed E-state index contributed by atoms with van der Waals surface area (Å²) in [7, 11) is 0. The van der Waals surface area contributed by atoms with Gasteiger partial charge in [-0.05, 0) is 44.7 Å². The van der Waals surface area contributed by atoms with E-state index in [0.29, 0.717) is 11.6 Å². The SMILES string of the molecule is Cc1nccn1-c1ccc(NC(=O)C(C)(N)C2CC2)cn1. The van der Waals surface area contributed by atoms with Gasteiger partial charge >= 0.3 is 0 Å². The maximum atomic E-state index is 12.2. The van der Waals surface area contributed by atoms with E-state index in [1.807, 2.05) is 29.8 Å². The van der Waals surface area contributed by atoms with Gasteiger partial charge in [0.15, 0.2) is 0 Å². The molecule has 1 amide bonds. The Hall–Kier alpha value is -2.21. The van der Waals surface area contributed by atoms with Crippen molar-refractivity contribution in [3.05, 3.63) is 36.5 Å². The number of nitrogens with zero attached hydrogens (tertiary/aromatic N) is 3. The smallest absolute Gasteiger partial charge is 0.244 e. The zero-order chi connectivity index (χ0) is 15.0. The fraction of sp³-hybridized carbons (Fsp3) is 0.400. The third kappa shape index (κ3) is 2.67. The van der Waals surface area contributed by atoms with Crippen molar-refractivity contribution in [1.82, 2.24) is 14.5 Å². The maximum absolute atomic E-state index is 12.2. The molecule has 0 spiro atoms. The molecule has 2 aromatic rings. The number of anilines is 1. The first-order valence-electron chi connectivity index (χ1n) is 7.05. The minimum atomic E-state index is -0.806. The van der Waals surface area contributed by atoms with E-state index in [-0.39, 0.29) is 5.91 Å². The third-order valence-electron chi connectivity index (χ3n) is 3.99. The molecule has 0 aliphatic heterocycles. The van der Waals surface area contributed by atoms with Crippen LogP contribution in [0.2, 0.25) is 0 Å². The number of amides is 1. The van der Waals surface area contributed by atoms with Gasteiger partial charge in [0.1, 0.15) is 11.6 Å². The van der Waals surface area contributed by atoms with Crippen molar-refractivity contribution in [2.24, 2.45) is 11.7 Å². The number of rotatable bonds is 4. The Balaban J connectivity index is 1.73. The number of carbonyl (C=O) groups excluding carboxylic acids is 1. The molecule has 6 heteroatoms. The average molecular weight is 285 g/mol. The number of pyridine rings is 1. The van der Waals surface area contributed by atoms with E-state index in [4.69, 9.17) is 5.73 Å². The predicted molar refractivity (Wildman–Crippen MR) is 80.0 cm³/mol. The standard InChI is InChI=1S/C15H19N5O/c1-10-17-7-8-20(10)13-6-5-12(9-18-13)19-14(21)15(2,16)11-3-4-11/h5-9,11H,3-4,16H2,1-2H3,(H,19,21). The summed E-state index contributed by atoms with van der Waals surface area (Å²) in [6.45, 7) is 3.70. The summed E-state index contributed by atoms with van der Waals surface area (Å²) < 4.78 is 1.88. The monoisotopic (exact) mass is 285 g/mol.